The van der Waals surface area contributed by atoms with Crippen molar-refractivity contribution in [2.24, 2.45) is 5.10 Å². The van der Waals surface area contributed by atoms with Crippen LogP contribution in [0.5, 0.6) is 5.75 Å². The van der Waals surface area contributed by atoms with Gasteiger partial charge in [-0.05, 0) is 48.0 Å². The molecule has 6 nitrogen and oxygen atoms in total. The zero-order chi connectivity index (χ0) is 20.9. The Kier molecular flexibility index (Phi) is 5.77. The third-order valence-corrected chi connectivity index (χ3v) is 3.75. The molecule has 0 unspecified atom stereocenters. The number of pyridine rings is 1. The highest BCUT2D eigenvalue weighted by atomic mass is 19.4. The predicted octanol–water partition coefficient (Wildman–Crippen LogP) is 4.31. The topological polar surface area (TPSA) is 86.6 Å². The van der Waals surface area contributed by atoms with E-state index in [1.165, 1.54) is 48.8 Å². The van der Waals surface area contributed by atoms with E-state index in [0.717, 1.165) is 12.1 Å². The summed E-state index contributed by atoms with van der Waals surface area (Å²) in [6, 6.07) is 13.8. The lowest BCUT2D eigenvalue weighted by Crippen LogP contribution is -2.19. The SMILES string of the molecule is O=C(N/N=C/c1cccc(O)c1)c1cccnc1Nc1cccc(C(F)(F)F)c1. The maximum atomic E-state index is 12.9. The number of nitrogens with zero attached hydrogens (tertiary/aromatic N) is 2. The monoisotopic (exact) mass is 400 g/mol. The molecule has 1 heterocycles. The molecule has 3 N–H and O–H groups in total. The summed E-state index contributed by atoms with van der Waals surface area (Å²) >= 11 is 0. The van der Waals surface area contributed by atoms with Crippen molar-refractivity contribution in [3.05, 3.63) is 83.6 Å². The second-order valence-electron chi connectivity index (χ2n) is 5.90. The van der Waals surface area contributed by atoms with Crippen LogP contribution < -0.4 is 10.7 Å². The van der Waals surface area contributed by atoms with E-state index in [2.05, 4.69) is 20.8 Å². The molecule has 0 aliphatic carbocycles. The van der Waals surface area contributed by atoms with E-state index in [1.54, 1.807) is 12.1 Å². The maximum absolute atomic E-state index is 12.9. The number of benzene rings is 2. The molecule has 0 saturated heterocycles. The molecule has 3 aromatic rings. The number of hydrazone groups is 1. The van der Waals surface area contributed by atoms with Crippen LogP contribution in [0.3, 0.4) is 0 Å². The number of aromatic nitrogens is 1. The number of hydrogen-bond donors (Lipinski definition) is 3. The van der Waals surface area contributed by atoms with Gasteiger partial charge in [-0.15, -0.1) is 0 Å². The van der Waals surface area contributed by atoms with Crippen molar-refractivity contribution in [1.29, 1.82) is 0 Å². The first-order chi connectivity index (χ1) is 13.8. The molecule has 0 bridgehead atoms. The Balaban J connectivity index is 1.76. The zero-order valence-electron chi connectivity index (χ0n) is 14.8. The second-order valence-corrected chi connectivity index (χ2v) is 5.90. The fourth-order valence-electron chi connectivity index (χ4n) is 2.43. The summed E-state index contributed by atoms with van der Waals surface area (Å²) in [5.41, 5.74) is 2.30. The van der Waals surface area contributed by atoms with E-state index in [0.29, 0.717) is 5.56 Å². The van der Waals surface area contributed by atoms with Crippen molar-refractivity contribution in [2.45, 2.75) is 6.18 Å². The Morgan fingerprint density at radius 1 is 1.07 bits per heavy atom. The van der Waals surface area contributed by atoms with Crippen LogP contribution in [-0.4, -0.2) is 22.2 Å². The van der Waals surface area contributed by atoms with E-state index in [4.69, 9.17) is 0 Å². The van der Waals surface area contributed by atoms with Gasteiger partial charge in [-0.1, -0.05) is 18.2 Å². The van der Waals surface area contributed by atoms with Gasteiger partial charge in [0.15, 0.2) is 0 Å². The molecule has 148 valence electrons. The summed E-state index contributed by atoms with van der Waals surface area (Å²) in [6.45, 7) is 0. The Bertz CT molecular complexity index is 1050. The van der Waals surface area contributed by atoms with Crippen LogP contribution in [0.2, 0.25) is 0 Å². The summed E-state index contributed by atoms with van der Waals surface area (Å²) in [6.07, 6.45) is -1.74. The van der Waals surface area contributed by atoms with E-state index >= 15 is 0 Å². The molecule has 0 atom stereocenters. The van der Waals surface area contributed by atoms with Crippen molar-refractivity contribution in [1.82, 2.24) is 10.4 Å². The number of amides is 1. The van der Waals surface area contributed by atoms with Crippen LogP contribution in [0.4, 0.5) is 24.7 Å². The minimum absolute atomic E-state index is 0.0557. The molecule has 29 heavy (non-hydrogen) atoms. The Labute approximate surface area is 163 Å². The molecule has 0 radical (unpaired) electrons. The van der Waals surface area contributed by atoms with Crippen molar-refractivity contribution in [3.63, 3.8) is 0 Å². The molecule has 0 aliphatic rings. The van der Waals surface area contributed by atoms with E-state index in [1.807, 2.05) is 0 Å². The smallest absolute Gasteiger partial charge is 0.416 e. The quantitative estimate of drug-likeness (QED) is 0.440. The summed E-state index contributed by atoms with van der Waals surface area (Å²) in [7, 11) is 0. The van der Waals surface area contributed by atoms with Gasteiger partial charge in [-0.2, -0.15) is 18.3 Å². The number of aromatic hydroxyl groups is 1. The zero-order valence-corrected chi connectivity index (χ0v) is 14.8. The van der Waals surface area contributed by atoms with Gasteiger partial charge < -0.3 is 10.4 Å². The molecule has 9 heteroatoms. The van der Waals surface area contributed by atoms with Crippen LogP contribution in [0.15, 0.2) is 72.0 Å². The lowest BCUT2D eigenvalue weighted by Gasteiger charge is -2.12. The number of phenolic OH excluding ortho intramolecular Hbond substituents is 1. The molecule has 0 spiro atoms. The molecule has 0 saturated carbocycles. The van der Waals surface area contributed by atoms with Gasteiger partial charge in [0.05, 0.1) is 17.3 Å². The molecule has 0 aliphatic heterocycles. The maximum Gasteiger partial charge on any atom is 0.416 e. The van der Waals surface area contributed by atoms with E-state index in [-0.39, 0.29) is 22.8 Å². The summed E-state index contributed by atoms with van der Waals surface area (Å²) in [5.74, 6) is -0.471. The fraction of sp³-hybridized carbons (Fsp3) is 0.0500. The number of nitrogens with one attached hydrogen (secondary N) is 2. The lowest BCUT2D eigenvalue weighted by atomic mass is 10.2. The van der Waals surface area contributed by atoms with Gasteiger partial charge >= 0.3 is 6.18 Å². The lowest BCUT2D eigenvalue weighted by molar-refractivity contribution is -0.137. The number of phenols is 1. The number of anilines is 2. The van der Waals surface area contributed by atoms with Crippen LogP contribution in [0.25, 0.3) is 0 Å². The van der Waals surface area contributed by atoms with Gasteiger partial charge in [0.25, 0.3) is 5.91 Å². The van der Waals surface area contributed by atoms with Crippen LogP contribution in [0.1, 0.15) is 21.5 Å². The highest BCUT2D eigenvalue weighted by molar-refractivity contribution is 5.99. The molecule has 2 aromatic carbocycles. The first kappa shape index (κ1) is 19.9. The second kappa shape index (κ2) is 8.42. The first-order valence-electron chi connectivity index (χ1n) is 8.35. The first-order valence-corrected chi connectivity index (χ1v) is 8.35. The third kappa shape index (κ3) is 5.32. The Morgan fingerprint density at radius 3 is 2.62 bits per heavy atom. The summed E-state index contributed by atoms with van der Waals surface area (Å²) < 4.78 is 38.6. The highest BCUT2D eigenvalue weighted by Crippen LogP contribution is 2.31. The molecule has 1 aromatic heterocycles. The molecule has 0 fully saturated rings. The standard InChI is InChI=1S/C20H15F3N4O2/c21-20(22,23)14-5-2-6-15(11-14)26-18-17(8-3-9-24-18)19(29)27-25-12-13-4-1-7-16(28)10-13/h1-12,28H,(H,24,26)(H,27,29)/b25-12+. The number of carbonyl (C=O) groups excluding carboxylic acids is 1. The number of halogens is 3. The van der Waals surface area contributed by atoms with Crippen LogP contribution >= 0.6 is 0 Å². The van der Waals surface area contributed by atoms with E-state index in [9.17, 15) is 23.1 Å². The van der Waals surface area contributed by atoms with Crippen LogP contribution in [0, 0.1) is 0 Å². The molecule has 3 rings (SSSR count). The van der Waals surface area contributed by atoms with Gasteiger partial charge in [-0.25, -0.2) is 10.4 Å². The average Bonchev–Trinajstić information content (AvgIpc) is 2.68. The van der Waals surface area contributed by atoms with E-state index < -0.39 is 17.6 Å². The van der Waals surface area contributed by atoms with Gasteiger partial charge in [-0.3, -0.25) is 4.79 Å². The Hall–Kier alpha value is -3.88. The molecular formula is C20H15F3N4O2. The largest absolute Gasteiger partial charge is 0.508 e. The van der Waals surface area contributed by atoms with Crippen molar-refractivity contribution < 1.29 is 23.1 Å². The molecule has 1 amide bonds. The van der Waals surface area contributed by atoms with Crippen molar-refractivity contribution >= 4 is 23.6 Å². The third-order valence-electron chi connectivity index (χ3n) is 3.75. The van der Waals surface area contributed by atoms with Crippen molar-refractivity contribution in [3.8, 4) is 5.75 Å². The number of rotatable bonds is 5. The minimum atomic E-state index is -4.48. The number of hydrogen-bond acceptors (Lipinski definition) is 5. The van der Waals surface area contributed by atoms with Crippen molar-refractivity contribution in [2.75, 3.05) is 5.32 Å². The highest BCUT2D eigenvalue weighted by Gasteiger charge is 2.30. The normalized spacial score (nSPS) is 11.4. The summed E-state index contributed by atoms with van der Waals surface area (Å²) in [4.78, 5) is 16.4. The average molecular weight is 400 g/mol. The molecular weight excluding hydrogens is 385 g/mol. The fourth-order valence-corrected chi connectivity index (χ4v) is 2.43. The number of alkyl halides is 3. The minimum Gasteiger partial charge on any atom is -0.508 e. The van der Waals surface area contributed by atoms with Gasteiger partial charge in [0.1, 0.15) is 11.6 Å². The van der Waals surface area contributed by atoms with Crippen LogP contribution in [-0.2, 0) is 6.18 Å². The number of carbonyl (C=O) groups is 1. The van der Waals surface area contributed by atoms with Gasteiger partial charge in [0.2, 0.25) is 0 Å². The van der Waals surface area contributed by atoms with Gasteiger partial charge in [0, 0.05) is 11.9 Å². The summed E-state index contributed by atoms with van der Waals surface area (Å²) in [5, 5.41) is 15.9. The Morgan fingerprint density at radius 2 is 1.86 bits per heavy atom. The predicted molar refractivity (Wildman–Crippen MR) is 102 cm³/mol.